The molecule has 0 aliphatic rings. The first-order valence-corrected chi connectivity index (χ1v) is 16.9. The van der Waals surface area contributed by atoms with Crippen LogP contribution in [-0.4, -0.2) is 9.55 Å². The van der Waals surface area contributed by atoms with E-state index in [1.54, 1.807) is 0 Å². The fraction of sp³-hybridized carbons (Fsp3) is 0.750. The monoisotopic (exact) mass is 522 g/mol. The summed E-state index contributed by atoms with van der Waals surface area (Å²) in [6.45, 7) is 4.61. The van der Waals surface area contributed by atoms with Gasteiger partial charge in [0.05, 0.1) is 6.33 Å². The summed E-state index contributed by atoms with van der Waals surface area (Å²) in [5.41, 5.74) is 1.50. The number of benzene rings is 1. The van der Waals surface area contributed by atoms with Gasteiger partial charge in [0.25, 0.3) is 0 Å². The van der Waals surface area contributed by atoms with E-state index in [1.807, 2.05) is 6.20 Å². The second-order valence-corrected chi connectivity index (χ2v) is 12.0. The van der Waals surface area contributed by atoms with Crippen LogP contribution in [0.3, 0.4) is 0 Å². The Balaban J connectivity index is 1.77. The van der Waals surface area contributed by atoms with Gasteiger partial charge in [-0.15, -0.1) is 0 Å². The lowest BCUT2D eigenvalue weighted by Gasteiger charge is -2.29. The van der Waals surface area contributed by atoms with Gasteiger partial charge in [0, 0.05) is 18.4 Å². The van der Waals surface area contributed by atoms with E-state index >= 15 is 0 Å². The van der Waals surface area contributed by atoms with Gasteiger partial charge in [-0.05, 0) is 30.7 Å². The van der Waals surface area contributed by atoms with Gasteiger partial charge in [0.2, 0.25) is 0 Å². The molecule has 0 spiro atoms. The van der Waals surface area contributed by atoms with Gasteiger partial charge in [-0.1, -0.05) is 173 Å². The SMILES string of the molecule is CCCCCCCCCCCCCCC(Cc1ccccc1)C(CCCCCCCCCC)n1ccnc1. The highest BCUT2D eigenvalue weighted by atomic mass is 15.1. The predicted octanol–water partition coefficient (Wildman–Crippen LogP) is 11.9. The Labute approximate surface area is 237 Å². The highest BCUT2D eigenvalue weighted by molar-refractivity contribution is 5.15. The van der Waals surface area contributed by atoms with E-state index < -0.39 is 0 Å². The van der Waals surface area contributed by atoms with Crippen molar-refractivity contribution in [1.82, 2.24) is 9.55 Å². The van der Waals surface area contributed by atoms with Crippen LogP contribution in [0.15, 0.2) is 49.1 Å². The highest BCUT2D eigenvalue weighted by Crippen LogP contribution is 2.32. The molecular weight excluding hydrogens is 460 g/mol. The minimum absolute atomic E-state index is 0.575. The van der Waals surface area contributed by atoms with Crippen LogP contribution in [0.2, 0.25) is 0 Å². The van der Waals surface area contributed by atoms with Crippen LogP contribution >= 0.6 is 0 Å². The molecule has 0 amide bonds. The van der Waals surface area contributed by atoms with Crippen molar-refractivity contribution >= 4 is 0 Å². The first kappa shape index (κ1) is 32.6. The summed E-state index contributed by atoms with van der Waals surface area (Å²) in [7, 11) is 0. The molecule has 2 heteroatoms. The lowest BCUT2D eigenvalue weighted by Crippen LogP contribution is -2.21. The van der Waals surface area contributed by atoms with Gasteiger partial charge >= 0.3 is 0 Å². The molecule has 0 radical (unpaired) electrons. The molecule has 216 valence electrons. The summed E-state index contributed by atoms with van der Waals surface area (Å²) in [6, 6.07) is 11.8. The van der Waals surface area contributed by atoms with Gasteiger partial charge in [-0.2, -0.15) is 0 Å². The summed E-state index contributed by atoms with van der Waals surface area (Å²) in [6.07, 6.45) is 38.3. The minimum Gasteiger partial charge on any atom is -0.334 e. The Morgan fingerprint density at radius 3 is 1.53 bits per heavy atom. The van der Waals surface area contributed by atoms with Crippen molar-refractivity contribution in [2.24, 2.45) is 5.92 Å². The largest absolute Gasteiger partial charge is 0.334 e. The molecular formula is C36H62N2. The van der Waals surface area contributed by atoms with E-state index in [1.165, 1.54) is 153 Å². The zero-order valence-corrected chi connectivity index (χ0v) is 25.4. The fourth-order valence-electron chi connectivity index (χ4n) is 6.18. The molecule has 0 saturated heterocycles. The molecule has 2 unspecified atom stereocenters. The van der Waals surface area contributed by atoms with Crippen molar-refractivity contribution in [3.8, 4) is 0 Å². The molecule has 1 heterocycles. The third-order valence-corrected chi connectivity index (χ3v) is 8.57. The first-order valence-electron chi connectivity index (χ1n) is 16.9. The average Bonchev–Trinajstić information content (AvgIpc) is 3.48. The lowest BCUT2D eigenvalue weighted by molar-refractivity contribution is 0.275. The zero-order chi connectivity index (χ0) is 26.9. The standard InChI is InChI=1S/C36H62N2/c1-3-5-7-9-11-13-14-15-16-17-19-24-28-35(32-34-26-22-21-23-27-34)36(38-31-30-37-33-38)29-25-20-18-12-10-8-6-4-2/h21-23,26-27,30-31,33,35-36H,3-20,24-25,28-29,32H2,1-2H3. The van der Waals surface area contributed by atoms with Gasteiger partial charge in [-0.25, -0.2) is 4.98 Å². The molecule has 1 aromatic heterocycles. The maximum atomic E-state index is 4.45. The maximum absolute atomic E-state index is 4.45. The maximum Gasteiger partial charge on any atom is 0.0948 e. The Morgan fingerprint density at radius 2 is 1.05 bits per heavy atom. The second kappa shape index (κ2) is 23.3. The van der Waals surface area contributed by atoms with E-state index in [9.17, 15) is 0 Å². The summed E-state index contributed by atoms with van der Waals surface area (Å²) in [5.74, 6) is 0.694. The number of hydrogen-bond donors (Lipinski definition) is 0. The van der Waals surface area contributed by atoms with Crippen LogP contribution < -0.4 is 0 Å². The van der Waals surface area contributed by atoms with Crippen molar-refractivity contribution < 1.29 is 0 Å². The van der Waals surface area contributed by atoms with Crippen LogP contribution in [0.1, 0.15) is 167 Å². The highest BCUT2D eigenvalue weighted by Gasteiger charge is 2.23. The number of unbranched alkanes of at least 4 members (excludes halogenated alkanes) is 18. The quantitative estimate of drug-likeness (QED) is 0.112. The second-order valence-electron chi connectivity index (χ2n) is 12.0. The van der Waals surface area contributed by atoms with E-state index in [-0.39, 0.29) is 0 Å². The van der Waals surface area contributed by atoms with E-state index in [0.29, 0.717) is 12.0 Å². The topological polar surface area (TPSA) is 17.8 Å². The van der Waals surface area contributed by atoms with Crippen LogP contribution in [0.5, 0.6) is 0 Å². The number of imidazole rings is 1. The van der Waals surface area contributed by atoms with Crippen molar-refractivity contribution in [1.29, 1.82) is 0 Å². The molecule has 2 atom stereocenters. The molecule has 0 N–H and O–H groups in total. The van der Waals surface area contributed by atoms with Crippen LogP contribution in [0, 0.1) is 5.92 Å². The molecule has 0 aliphatic carbocycles. The Morgan fingerprint density at radius 1 is 0.579 bits per heavy atom. The summed E-state index contributed by atoms with van der Waals surface area (Å²) in [5, 5.41) is 0. The molecule has 0 fully saturated rings. The normalized spacial score (nSPS) is 13.1. The van der Waals surface area contributed by atoms with Crippen molar-refractivity contribution in [2.45, 2.75) is 168 Å². The van der Waals surface area contributed by atoms with Crippen LogP contribution in [0.4, 0.5) is 0 Å². The number of hydrogen-bond acceptors (Lipinski definition) is 1. The van der Waals surface area contributed by atoms with Gasteiger partial charge in [0.15, 0.2) is 0 Å². The molecule has 0 saturated carbocycles. The molecule has 1 aromatic carbocycles. The van der Waals surface area contributed by atoms with Gasteiger partial charge in [0.1, 0.15) is 0 Å². The zero-order valence-electron chi connectivity index (χ0n) is 25.4. The smallest absolute Gasteiger partial charge is 0.0948 e. The fourth-order valence-corrected chi connectivity index (χ4v) is 6.18. The number of rotatable bonds is 26. The molecule has 2 nitrogen and oxygen atoms in total. The minimum atomic E-state index is 0.575. The lowest BCUT2D eigenvalue weighted by atomic mass is 9.84. The average molecular weight is 523 g/mol. The molecule has 0 aliphatic heterocycles. The molecule has 38 heavy (non-hydrogen) atoms. The van der Waals surface area contributed by atoms with Crippen LogP contribution in [-0.2, 0) is 6.42 Å². The van der Waals surface area contributed by atoms with Crippen molar-refractivity contribution in [3.05, 3.63) is 54.6 Å². The summed E-state index contributed by atoms with van der Waals surface area (Å²) < 4.78 is 2.44. The predicted molar refractivity (Wildman–Crippen MR) is 168 cm³/mol. The first-order chi connectivity index (χ1) is 18.8. The van der Waals surface area contributed by atoms with Gasteiger partial charge in [-0.3, -0.25) is 0 Å². The molecule has 0 bridgehead atoms. The number of aromatic nitrogens is 2. The Kier molecular flexibility index (Phi) is 20.0. The third-order valence-electron chi connectivity index (χ3n) is 8.57. The van der Waals surface area contributed by atoms with E-state index in [0.717, 1.165) is 0 Å². The Hall–Kier alpha value is -1.57. The number of nitrogens with zero attached hydrogens (tertiary/aromatic N) is 2. The van der Waals surface area contributed by atoms with Crippen molar-refractivity contribution in [3.63, 3.8) is 0 Å². The summed E-state index contributed by atoms with van der Waals surface area (Å²) >= 11 is 0. The summed E-state index contributed by atoms with van der Waals surface area (Å²) in [4.78, 5) is 4.45. The van der Waals surface area contributed by atoms with Crippen LogP contribution in [0.25, 0.3) is 0 Å². The molecule has 2 rings (SSSR count). The third kappa shape index (κ3) is 15.7. The molecule has 2 aromatic rings. The van der Waals surface area contributed by atoms with E-state index in [2.05, 4.69) is 66.3 Å². The Bertz CT molecular complexity index is 723. The van der Waals surface area contributed by atoms with E-state index in [4.69, 9.17) is 0 Å². The van der Waals surface area contributed by atoms with Gasteiger partial charge < -0.3 is 4.57 Å². The van der Waals surface area contributed by atoms with Crippen molar-refractivity contribution in [2.75, 3.05) is 0 Å².